The third kappa shape index (κ3) is 2.56. The Morgan fingerprint density at radius 2 is 1.86 bits per heavy atom. The zero-order valence-electron chi connectivity index (χ0n) is 11.8. The van der Waals surface area contributed by atoms with E-state index < -0.39 is 6.09 Å². The minimum absolute atomic E-state index is 0.189. The second-order valence-corrected chi connectivity index (χ2v) is 4.68. The summed E-state index contributed by atoms with van der Waals surface area (Å²) in [4.78, 5) is 12.1. The number of hydrogen-bond acceptors (Lipinski definition) is 5. The van der Waals surface area contributed by atoms with Crippen LogP contribution in [0.25, 0.3) is 0 Å². The first-order valence-electron chi connectivity index (χ1n) is 6.48. The van der Waals surface area contributed by atoms with Gasteiger partial charge in [0.1, 0.15) is 11.5 Å². The van der Waals surface area contributed by atoms with Crippen molar-refractivity contribution in [3.8, 4) is 23.0 Å². The van der Waals surface area contributed by atoms with E-state index in [-0.39, 0.29) is 6.79 Å². The fourth-order valence-electron chi connectivity index (χ4n) is 2.06. The first kappa shape index (κ1) is 13.9. The molecule has 0 fully saturated rings. The molecule has 2 aromatic rings. The molecule has 3 rings (SSSR count). The molecule has 7 heteroatoms. The maximum absolute atomic E-state index is 11.0. The van der Waals surface area contributed by atoms with Gasteiger partial charge in [-0.2, -0.15) is 0 Å². The van der Waals surface area contributed by atoms with Crippen LogP contribution in [0.4, 0.5) is 16.2 Å². The van der Waals surface area contributed by atoms with E-state index in [0.717, 1.165) is 4.90 Å². The van der Waals surface area contributed by atoms with Crippen LogP contribution < -0.4 is 24.8 Å². The van der Waals surface area contributed by atoms with Gasteiger partial charge in [-0.1, -0.05) is 0 Å². The Morgan fingerprint density at radius 3 is 2.64 bits per heavy atom. The van der Waals surface area contributed by atoms with Gasteiger partial charge in [-0.15, -0.1) is 0 Å². The maximum Gasteiger partial charge on any atom is 0.411 e. The smallest absolute Gasteiger partial charge is 0.411 e. The lowest BCUT2D eigenvalue weighted by Gasteiger charge is -2.17. The van der Waals surface area contributed by atoms with Gasteiger partial charge in [0.25, 0.3) is 0 Å². The fraction of sp³-hybridized carbons (Fsp3) is 0.133. The van der Waals surface area contributed by atoms with Crippen LogP contribution in [0.2, 0.25) is 0 Å². The van der Waals surface area contributed by atoms with Crippen LogP contribution in [0.5, 0.6) is 23.0 Å². The Hall–Kier alpha value is -3.09. The van der Waals surface area contributed by atoms with Crippen molar-refractivity contribution in [2.45, 2.75) is 0 Å². The van der Waals surface area contributed by atoms with Crippen molar-refractivity contribution >= 4 is 17.5 Å². The molecule has 1 amide bonds. The van der Waals surface area contributed by atoms with Crippen molar-refractivity contribution in [3.63, 3.8) is 0 Å². The van der Waals surface area contributed by atoms with Crippen LogP contribution in [-0.4, -0.2) is 25.0 Å². The molecule has 0 bridgehead atoms. The molecule has 0 atom stereocenters. The van der Waals surface area contributed by atoms with Crippen molar-refractivity contribution in [2.75, 3.05) is 24.5 Å². The Kier molecular flexibility index (Phi) is 3.38. The number of nitrogen functional groups attached to an aromatic ring is 1. The van der Waals surface area contributed by atoms with Gasteiger partial charge < -0.3 is 25.1 Å². The number of carbonyl (C=O) groups is 1. The Labute approximate surface area is 126 Å². The second-order valence-electron chi connectivity index (χ2n) is 4.68. The number of fused-ring (bicyclic) bond motifs is 1. The summed E-state index contributed by atoms with van der Waals surface area (Å²) in [6, 6.07) is 10.0. The molecule has 1 aliphatic rings. The van der Waals surface area contributed by atoms with Crippen molar-refractivity contribution in [1.82, 2.24) is 0 Å². The van der Waals surface area contributed by atoms with E-state index in [1.165, 1.54) is 7.05 Å². The van der Waals surface area contributed by atoms with Crippen LogP contribution in [0, 0.1) is 0 Å². The Balaban J connectivity index is 1.86. The molecule has 0 saturated carbocycles. The highest BCUT2D eigenvalue weighted by atomic mass is 16.7. The quantitative estimate of drug-likeness (QED) is 0.847. The molecular weight excluding hydrogens is 288 g/mol. The van der Waals surface area contributed by atoms with Crippen LogP contribution >= 0.6 is 0 Å². The van der Waals surface area contributed by atoms with Gasteiger partial charge in [-0.05, 0) is 24.3 Å². The van der Waals surface area contributed by atoms with Crippen LogP contribution in [0.3, 0.4) is 0 Å². The summed E-state index contributed by atoms with van der Waals surface area (Å²) in [5, 5.41) is 9.05. The van der Waals surface area contributed by atoms with Crippen molar-refractivity contribution < 1.29 is 24.1 Å². The van der Waals surface area contributed by atoms with Gasteiger partial charge in [-0.3, -0.25) is 4.90 Å². The predicted molar refractivity (Wildman–Crippen MR) is 79.9 cm³/mol. The van der Waals surface area contributed by atoms with E-state index in [2.05, 4.69) is 0 Å². The summed E-state index contributed by atoms with van der Waals surface area (Å²) in [5.41, 5.74) is 6.50. The lowest BCUT2D eigenvalue weighted by Crippen LogP contribution is -2.24. The Bertz CT molecular complexity index is 732. The van der Waals surface area contributed by atoms with Gasteiger partial charge in [0.15, 0.2) is 11.5 Å². The lowest BCUT2D eigenvalue weighted by atomic mass is 10.2. The highest BCUT2D eigenvalue weighted by Crippen LogP contribution is 2.37. The molecule has 2 aromatic carbocycles. The van der Waals surface area contributed by atoms with E-state index in [4.69, 9.17) is 25.1 Å². The SMILES string of the molecule is CN(C(=O)O)c1cc(Oc2ccc3c(c2)OCO3)ccc1N. The first-order valence-corrected chi connectivity index (χ1v) is 6.48. The summed E-state index contributed by atoms with van der Waals surface area (Å²) in [6.45, 7) is 0.189. The largest absolute Gasteiger partial charge is 0.465 e. The summed E-state index contributed by atoms with van der Waals surface area (Å²) in [5.74, 6) is 2.29. The van der Waals surface area contributed by atoms with E-state index in [1.54, 1.807) is 36.4 Å². The predicted octanol–water partition coefficient (Wildman–Crippen LogP) is 2.90. The molecule has 3 N–H and O–H groups in total. The lowest BCUT2D eigenvalue weighted by molar-refractivity contribution is 0.174. The molecule has 114 valence electrons. The van der Waals surface area contributed by atoms with E-state index in [9.17, 15) is 4.79 Å². The Morgan fingerprint density at radius 1 is 1.18 bits per heavy atom. The van der Waals surface area contributed by atoms with E-state index in [0.29, 0.717) is 34.4 Å². The molecule has 7 nitrogen and oxygen atoms in total. The van der Waals surface area contributed by atoms with Crippen molar-refractivity contribution in [3.05, 3.63) is 36.4 Å². The van der Waals surface area contributed by atoms with Crippen LogP contribution in [-0.2, 0) is 0 Å². The first-order chi connectivity index (χ1) is 10.5. The number of rotatable bonds is 3. The summed E-state index contributed by atoms with van der Waals surface area (Å²) >= 11 is 0. The van der Waals surface area contributed by atoms with Crippen LogP contribution in [0.1, 0.15) is 0 Å². The average Bonchev–Trinajstić information content (AvgIpc) is 2.96. The monoisotopic (exact) mass is 302 g/mol. The number of amides is 1. The molecule has 0 radical (unpaired) electrons. The highest BCUT2D eigenvalue weighted by Gasteiger charge is 2.16. The molecule has 0 unspecified atom stereocenters. The molecule has 22 heavy (non-hydrogen) atoms. The second kappa shape index (κ2) is 5.36. The van der Waals surface area contributed by atoms with Gasteiger partial charge >= 0.3 is 6.09 Å². The topological polar surface area (TPSA) is 94.3 Å². The normalized spacial score (nSPS) is 12.0. The van der Waals surface area contributed by atoms with Gasteiger partial charge in [0.05, 0.1) is 11.4 Å². The number of hydrogen-bond donors (Lipinski definition) is 2. The molecule has 0 aliphatic carbocycles. The zero-order chi connectivity index (χ0) is 15.7. The number of benzene rings is 2. The molecular formula is C15H14N2O5. The molecule has 1 aliphatic heterocycles. The highest BCUT2D eigenvalue weighted by molar-refractivity contribution is 5.90. The number of nitrogens with two attached hydrogens (primary N) is 1. The maximum atomic E-state index is 11.0. The standard InChI is InChI=1S/C15H14N2O5/c1-17(15(18)19)12-6-9(2-4-11(12)16)22-10-3-5-13-14(7-10)21-8-20-13/h2-7H,8,16H2,1H3,(H,18,19). The minimum Gasteiger partial charge on any atom is -0.465 e. The van der Waals surface area contributed by atoms with E-state index in [1.807, 2.05) is 0 Å². The minimum atomic E-state index is -1.10. The van der Waals surface area contributed by atoms with Crippen molar-refractivity contribution in [2.24, 2.45) is 0 Å². The summed E-state index contributed by atoms with van der Waals surface area (Å²) < 4.78 is 16.2. The number of ether oxygens (including phenoxy) is 3. The number of carboxylic acid groups (broad SMARTS) is 1. The third-order valence-electron chi connectivity index (χ3n) is 3.23. The molecule has 0 spiro atoms. The average molecular weight is 302 g/mol. The van der Waals surface area contributed by atoms with Gasteiger partial charge in [-0.25, -0.2) is 4.79 Å². The third-order valence-corrected chi connectivity index (χ3v) is 3.23. The molecule has 0 aromatic heterocycles. The molecule has 0 saturated heterocycles. The summed E-state index contributed by atoms with van der Waals surface area (Å²) in [7, 11) is 1.42. The van der Waals surface area contributed by atoms with Gasteiger partial charge in [0.2, 0.25) is 6.79 Å². The summed E-state index contributed by atoms with van der Waals surface area (Å²) in [6.07, 6.45) is -1.10. The zero-order valence-corrected chi connectivity index (χ0v) is 11.8. The number of anilines is 2. The van der Waals surface area contributed by atoms with Gasteiger partial charge in [0, 0.05) is 19.2 Å². The van der Waals surface area contributed by atoms with E-state index >= 15 is 0 Å². The number of nitrogens with zero attached hydrogens (tertiary/aromatic N) is 1. The van der Waals surface area contributed by atoms with Crippen molar-refractivity contribution in [1.29, 1.82) is 0 Å². The molecule has 1 heterocycles. The van der Waals surface area contributed by atoms with Crippen LogP contribution in [0.15, 0.2) is 36.4 Å². The fourth-order valence-corrected chi connectivity index (χ4v) is 2.06.